The largest absolute Gasteiger partial charge is 0.323 e. The minimum absolute atomic E-state index is 0.126. The van der Waals surface area contributed by atoms with Crippen molar-refractivity contribution in [3.63, 3.8) is 0 Å². The highest BCUT2D eigenvalue weighted by molar-refractivity contribution is 7.88. The van der Waals surface area contributed by atoms with E-state index in [0.717, 1.165) is 30.5 Å². The summed E-state index contributed by atoms with van der Waals surface area (Å²) in [5.74, 6) is 0.316. The van der Waals surface area contributed by atoms with E-state index < -0.39 is 10.0 Å². The third-order valence-corrected chi connectivity index (χ3v) is 5.12. The summed E-state index contributed by atoms with van der Waals surface area (Å²) in [6, 6.07) is 3.82. The van der Waals surface area contributed by atoms with Crippen LogP contribution in [0.25, 0.3) is 0 Å². The molecular formula is C14H23N3O2S. The summed E-state index contributed by atoms with van der Waals surface area (Å²) < 4.78 is 24.8. The highest BCUT2D eigenvalue weighted by Gasteiger charge is 2.27. The van der Waals surface area contributed by atoms with Crippen LogP contribution < -0.4 is 5.73 Å². The summed E-state index contributed by atoms with van der Waals surface area (Å²) in [5, 5.41) is 0. The van der Waals surface area contributed by atoms with Crippen molar-refractivity contribution >= 4 is 10.0 Å². The fraction of sp³-hybridized carbons (Fsp3) is 0.643. The summed E-state index contributed by atoms with van der Waals surface area (Å²) in [6.45, 7) is 3.23. The highest BCUT2D eigenvalue weighted by atomic mass is 32.2. The van der Waals surface area contributed by atoms with Crippen LogP contribution in [0.3, 0.4) is 0 Å². The molecule has 1 aliphatic heterocycles. The van der Waals surface area contributed by atoms with Crippen molar-refractivity contribution in [3.8, 4) is 0 Å². The second kappa shape index (κ2) is 6.20. The lowest BCUT2D eigenvalue weighted by Crippen LogP contribution is -2.40. The normalized spacial score (nSPS) is 22.6. The summed E-state index contributed by atoms with van der Waals surface area (Å²) in [4.78, 5) is 4.32. The second-order valence-corrected chi connectivity index (χ2v) is 7.71. The molecule has 1 aromatic rings. The van der Waals surface area contributed by atoms with Crippen molar-refractivity contribution in [2.45, 2.75) is 32.2 Å². The van der Waals surface area contributed by atoms with Gasteiger partial charge in [-0.3, -0.25) is 4.98 Å². The van der Waals surface area contributed by atoms with Gasteiger partial charge in [-0.05, 0) is 49.8 Å². The first kappa shape index (κ1) is 15.4. The van der Waals surface area contributed by atoms with Gasteiger partial charge < -0.3 is 5.73 Å². The Morgan fingerprint density at radius 3 is 2.95 bits per heavy atom. The molecule has 0 saturated carbocycles. The van der Waals surface area contributed by atoms with Gasteiger partial charge in [0.05, 0.1) is 11.9 Å². The molecule has 112 valence electrons. The number of hydrogen-bond donors (Lipinski definition) is 1. The highest BCUT2D eigenvalue weighted by Crippen LogP contribution is 2.26. The molecule has 1 aromatic heterocycles. The average molecular weight is 297 g/mol. The molecule has 0 aliphatic carbocycles. The number of piperidine rings is 1. The van der Waals surface area contributed by atoms with E-state index in [2.05, 4.69) is 4.98 Å². The summed E-state index contributed by atoms with van der Waals surface area (Å²) in [5.41, 5.74) is 8.25. The maximum absolute atomic E-state index is 11.6. The first-order valence-corrected chi connectivity index (χ1v) is 8.84. The van der Waals surface area contributed by atoms with E-state index in [-0.39, 0.29) is 6.04 Å². The minimum atomic E-state index is -3.09. The zero-order valence-electron chi connectivity index (χ0n) is 12.1. The number of hydrogen-bond acceptors (Lipinski definition) is 4. The number of aryl methyl sites for hydroxylation is 1. The summed E-state index contributed by atoms with van der Waals surface area (Å²) >= 11 is 0. The topological polar surface area (TPSA) is 76.3 Å². The van der Waals surface area contributed by atoms with Crippen molar-refractivity contribution in [2.24, 2.45) is 11.7 Å². The van der Waals surface area contributed by atoms with E-state index in [1.165, 1.54) is 6.26 Å². The van der Waals surface area contributed by atoms with Crippen LogP contribution >= 0.6 is 0 Å². The number of pyridine rings is 1. The van der Waals surface area contributed by atoms with E-state index in [0.29, 0.717) is 19.0 Å². The van der Waals surface area contributed by atoms with E-state index in [9.17, 15) is 8.42 Å². The molecule has 20 heavy (non-hydrogen) atoms. The van der Waals surface area contributed by atoms with E-state index in [1.54, 1.807) is 10.5 Å². The Hall–Kier alpha value is -0.980. The van der Waals surface area contributed by atoms with Gasteiger partial charge in [0.25, 0.3) is 0 Å². The number of sulfonamides is 1. The lowest BCUT2D eigenvalue weighted by molar-refractivity contribution is 0.246. The van der Waals surface area contributed by atoms with E-state index in [4.69, 9.17) is 5.73 Å². The Kier molecular flexibility index (Phi) is 4.78. The summed E-state index contributed by atoms with van der Waals surface area (Å²) in [6.07, 6.45) is 5.77. The number of rotatable bonds is 4. The van der Waals surface area contributed by atoms with Gasteiger partial charge in [-0.2, -0.15) is 0 Å². The van der Waals surface area contributed by atoms with Gasteiger partial charge in [-0.15, -0.1) is 0 Å². The molecule has 1 fully saturated rings. The van der Waals surface area contributed by atoms with Crippen LogP contribution in [0.15, 0.2) is 18.3 Å². The standard InChI is InChI=1S/C14H23N3O2S/c1-11-5-6-16-14(8-11)13(15)9-12-4-3-7-17(10-12)20(2,18)19/h5-6,8,12-13H,3-4,7,9-10,15H2,1-2H3. The van der Waals surface area contributed by atoms with Crippen LogP contribution in [0.5, 0.6) is 0 Å². The quantitative estimate of drug-likeness (QED) is 0.912. The van der Waals surface area contributed by atoms with Gasteiger partial charge in [0.2, 0.25) is 10.0 Å². The number of nitrogens with zero attached hydrogens (tertiary/aromatic N) is 2. The van der Waals surface area contributed by atoms with Crippen LogP contribution in [0.1, 0.15) is 36.6 Å². The predicted molar refractivity (Wildman–Crippen MR) is 79.7 cm³/mol. The Bertz CT molecular complexity index is 559. The minimum Gasteiger partial charge on any atom is -0.323 e. The third kappa shape index (κ3) is 4.01. The van der Waals surface area contributed by atoms with Crippen LogP contribution in [0.2, 0.25) is 0 Å². The Labute approximate surface area is 121 Å². The molecule has 0 radical (unpaired) electrons. The van der Waals surface area contributed by atoms with Gasteiger partial charge in [0.15, 0.2) is 0 Å². The van der Waals surface area contributed by atoms with Crippen LogP contribution in [0, 0.1) is 12.8 Å². The zero-order valence-corrected chi connectivity index (χ0v) is 12.9. The molecule has 1 saturated heterocycles. The molecule has 0 amide bonds. The molecule has 2 atom stereocenters. The molecule has 0 aromatic carbocycles. The van der Waals surface area contributed by atoms with Crippen LogP contribution in [0.4, 0.5) is 0 Å². The van der Waals surface area contributed by atoms with E-state index >= 15 is 0 Å². The smallest absolute Gasteiger partial charge is 0.211 e. The molecule has 1 aliphatic rings. The van der Waals surface area contributed by atoms with Crippen molar-refractivity contribution in [2.75, 3.05) is 19.3 Å². The molecule has 2 N–H and O–H groups in total. The average Bonchev–Trinajstić information content (AvgIpc) is 2.38. The van der Waals surface area contributed by atoms with Crippen LogP contribution in [-0.2, 0) is 10.0 Å². The van der Waals surface area contributed by atoms with Crippen molar-refractivity contribution in [1.29, 1.82) is 0 Å². The van der Waals surface area contributed by atoms with E-state index in [1.807, 2.05) is 19.1 Å². The van der Waals surface area contributed by atoms with Gasteiger partial charge in [-0.25, -0.2) is 12.7 Å². The van der Waals surface area contributed by atoms with Crippen molar-refractivity contribution in [3.05, 3.63) is 29.6 Å². The predicted octanol–water partition coefficient (Wildman–Crippen LogP) is 1.45. The molecule has 5 nitrogen and oxygen atoms in total. The monoisotopic (exact) mass is 297 g/mol. The van der Waals surface area contributed by atoms with Gasteiger partial charge >= 0.3 is 0 Å². The first-order valence-electron chi connectivity index (χ1n) is 6.99. The number of aromatic nitrogens is 1. The molecule has 6 heteroatoms. The van der Waals surface area contributed by atoms with Gasteiger partial charge in [-0.1, -0.05) is 0 Å². The fourth-order valence-electron chi connectivity index (χ4n) is 2.76. The molecule has 2 unspecified atom stereocenters. The number of nitrogens with two attached hydrogens (primary N) is 1. The first-order chi connectivity index (χ1) is 9.36. The van der Waals surface area contributed by atoms with Gasteiger partial charge in [0, 0.05) is 25.3 Å². The lowest BCUT2D eigenvalue weighted by Gasteiger charge is -2.32. The molecule has 0 bridgehead atoms. The van der Waals surface area contributed by atoms with Gasteiger partial charge in [0.1, 0.15) is 0 Å². The third-order valence-electron chi connectivity index (χ3n) is 3.85. The fourth-order valence-corrected chi connectivity index (χ4v) is 3.71. The molecule has 2 rings (SSSR count). The summed E-state index contributed by atoms with van der Waals surface area (Å²) in [7, 11) is -3.09. The van der Waals surface area contributed by atoms with Crippen molar-refractivity contribution < 1.29 is 8.42 Å². The zero-order chi connectivity index (χ0) is 14.8. The Morgan fingerprint density at radius 2 is 2.30 bits per heavy atom. The second-order valence-electron chi connectivity index (χ2n) is 5.73. The maximum Gasteiger partial charge on any atom is 0.211 e. The van der Waals surface area contributed by atoms with Crippen LogP contribution in [-0.4, -0.2) is 37.1 Å². The molecule has 0 spiro atoms. The lowest BCUT2D eigenvalue weighted by atomic mass is 9.91. The Balaban J connectivity index is 1.99. The maximum atomic E-state index is 11.6. The SMILES string of the molecule is Cc1ccnc(C(N)CC2CCCN(S(C)(=O)=O)C2)c1. The van der Waals surface area contributed by atoms with Crippen molar-refractivity contribution in [1.82, 2.24) is 9.29 Å². The Morgan fingerprint density at radius 1 is 1.55 bits per heavy atom. The molecule has 2 heterocycles. The molecular weight excluding hydrogens is 274 g/mol.